The van der Waals surface area contributed by atoms with Crippen LogP contribution in [-0.2, 0) is 0 Å². The maximum Gasteiger partial charge on any atom is 0.405 e. The Balaban J connectivity index is 3.21. The van der Waals surface area contributed by atoms with Crippen molar-refractivity contribution in [3.05, 3.63) is 11.4 Å². The summed E-state index contributed by atoms with van der Waals surface area (Å²) in [4.78, 5) is 9.64. The molecule has 0 spiro atoms. The van der Waals surface area contributed by atoms with Crippen LogP contribution in [0.2, 0.25) is 0 Å². The smallest absolute Gasteiger partial charge is 0.373 e. The van der Waals surface area contributed by atoms with E-state index in [1.54, 1.807) is 14.0 Å². The van der Waals surface area contributed by atoms with E-state index in [0.717, 1.165) is 4.90 Å². The van der Waals surface area contributed by atoms with Crippen LogP contribution in [0.3, 0.4) is 0 Å². The number of hydrogen-bond donors (Lipinski definition) is 1. The Morgan fingerprint density at radius 1 is 1.26 bits per heavy atom. The number of hydrogen-bond acceptors (Lipinski definition) is 4. The Morgan fingerprint density at radius 3 is 2.26 bits per heavy atom. The second-order valence-electron chi connectivity index (χ2n) is 4.75. The van der Waals surface area contributed by atoms with E-state index in [0.29, 0.717) is 23.0 Å². The minimum atomic E-state index is -4.26. The second-order valence-corrected chi connectivity index (χ2v) is 4.75. The number of alkyl halides is 3. The van der Waals surface area contributed by atoms with Crippen LogP contribution in [0.4, 0.5) is 24.8 Å². The quantitative estimate of drug-likeness (QED) is 0.918. The van der Waals surface area contributed by atoms with Crippen molar-refractivity contribution in [1.82, 2.24) is 9.97 Å². The molecule has 1 N–H and O–H groups in total. The van der Waals surface area contributed by atoms with Crippen LogP contribution in [0.5, 0.6) is 0 Å². The van der Waals surface area contributed by atoms with E-state index >= 15 is 0 Å². The fourth-order valence-electron chi connectivity index (χ4n) is 1.74. The predicted octanol–water partition coefficient (Wildman–Crippen LogP) is 2.95. The van der Waals surface area contributed by atoms with Crippen molar-refractivity contribution in [1.29, 1.82) is 0 Å². The van der Waals surface area contributed by atoms with E-state index in [-0.39, 0.29) is 5.92 Å². The molecule has 0 aromatic carbocycles. The number of rotatable bonds is 4. The summed E-state index contributed by atoms with van der Waals surface area (Å²) >= 11 is 0. The molecule has 7 heteroatoms. The van der Waals surface area contributed by atoms with Crippen molar-refractivity contribution in [3.63, 3.8) is 0 Å². The Bertz CT molecular complexity index is 443. The van der Waals surface area contributed by atoms with Crippen LogP contribution < -0.4 is 10.2 Å². The first-order valence-corrected chi connectivity index (χ1v) is 6.00. The molecule has 19 heavy (non-hydrogen) atoms. The van der Waals surface area contributed by atoms with Crippen LogP contribution >= 0.6 is 0 Å². The van der Waals surface area contributed by atoms with Crippen LogP contribution in [0, 0.1) is 6.92 Å². The number of nitrogens with one attached hydrogen (secondary N) is 1. The highest BCUT2D eigenvalue weighted by molar-refractivity contribution is 5.58. The van der Waals surface area contributed by atoms with Crippen LogP contribution in [0.1, 0.15) is 31.2 Å². The second kappa shape index (κ2) is 5.63. The molecule has 0 unspecified atom stereocenters. The molecule has 0 radical (unpaired) electrons. The molecule has 0 aliphatic rings. The standard InChI is InChI=1S/C12H19F3N4/c1-7(2)9-17-10(16-4)8(3)11(18-9)19(5)6-12(13,14)15/h7H,6H2,1-5H3,(H,16,17,18). The SMILES string of the molecule is CNc1nc(C(C)C)nc(N(C)CC(F)(F)F)c1C. The highest BCUT2D eigenvalue weighted by atomic mass is 19.4. The number of anilines is 2. The molecule has 108 valence electrons. The normalized spacial score (nSPS) is 11.8. The molecule has 0 saturated heterocycles. The molecule has 1 aromatic heterocycles. The van der Waals surface area contributed by atoms with Crippen LogP contribution in [0.15, 0.2) is 0 Å². The number of nitrogens with zero attached hydrogens (tertiary/aromatic N) is 3. The lowest BCUT2D eigenvalue weighted by molar-refractivity contribution is -0.119. The Hall–Kier alpha value is -1.53. The minimum Gasteiger partial charge on any atom is -0.373 e. The van der Waals surface area contributed by atoms with Gasteiger partial charge >= 0.3 is 6.18 Å². The van der Waals surface area contributed by atoms with Crippen molar-refractivity contribution in [2.24, 2.45) is 0 Å². The molecule has 0 fully saturated rings. The molecule has 1 aromatic rings. The summed E-state index contributed by atoms with van der Waals surface area (Å²) in [5.74, 6) is 1.44. The van der Waals surface area contributed by atoms with E-state index in [1.807, 2.05) is 13.8 Å². The van der Waals surface area contributed by atoms with Gasteiger partial charge in [0.15, 0.2) is 0 Å². The minimum absolute atomic E-state index is 0.0470. The molecule has 0 atom stereocenters. The molecule has 0 bridgehead atoms. The lowest BCUT2D eigenvalue weighted by atomic mass is 10.2. The van der Waals surface area contributed by atoms with Gasteiger partial charge in [-0.2, -0.15) is 13.2 Å². The molecule has 4 nitrogen and oxygen atoms in total. The summed E-state index contributed by atoms with van der Waals surface area (Å²) in [7, 11) is 3.07. The van der Waals surface area contributed by atoms with Crippen molar-refractivity contribution in [2.45, 2.75) is 32.9 Å². The van der Waals surface area contributed by atoms with Gasteiger partial charge in [-0.1, -0.05) is 13.8 Å². The van der Waals surface area contributed by atoms with Gasteiger partial charge in [0.05, 0.1) is 0 Å². The topological polar surface area (TPSA) is 41.1 Å². The zero-order valence-corrected chi connectivity index (χ0v) is 11.8. The molecule has 0 amide bonds. The van der Waals surface area contributed by atoms with Gasteiger partial charge in [0.25, 0.3) is 0 Å². The van der Waals surface area contributed by atoms with Gasteiger partial charge in [-0.15, -0.1) is 0 Å². The molecular formula is C12H19F3N4. The zero-order chi connectivity index (χ0) is 14.8. The third-order valence-electron chi connectivity index (χ3n) is 2.67. The van der Waals surface area contributed by atoms with E-state index in [2.05, 4.69) is 15.3 Å². The lowest BCUT2D eigenvalue weighted by Crippen LogP contribution is -2.32. The summed E-state index contributed by atoms with van der Waals surface area (Å²) in [6.45, 7) is 4.47. The van der Waals surface area contributed by atoms with Crippen molar-refractivity contribution in [3.8, 4) is 0 Å². The Kier molecular flexibility index (Phi) is 4.60. The largest absolute Gasteiger partial charge is 0.405 e. The van der Waals surface area contributed by atoms with E-state index in [4.69, 9.17) is 0 Å². The van der Waals surface area contributed by atoms with E-state index in [9.17, 15) is 13.2 Å². The van der Waals surface area contributed by atoms with Crippen LogP contribution in [0.25, 0.3) is 0 Å². The van der Waals surface area contributed by atoms with Crippen molar-refractivity contribution < 1.29 is 13.2 Å². The Morgan fingerprint density at radius 2 is 1.84 bits per heavy atom. The summed E-state index contributed by atoms with van der Waals surface area (Å²) in [6.07, 6.45) is -4.26. The first-order valence-electron chi connectivity index (χ1n) is 6.00. The van der Waals surface area contributed by atoms with Crippen molar-refractivity contribution >= 4 is 11.6 Å². The fourth-order valence-corrected chi connectivity index (χ4v) is 1.74. The summed E-state index contributed by atoms with van der Waals surface area (Å²) in [6, 6.07) is 0. The molecule has 1 rings (SSSR count). The monoisotopic (exact) mass is 276 g/mol. The summed E-state index contributed by atoms with van der Waals surface area (Å²) in [5.41, 5.74) is 0.610. The maximum atomic E-state index is 12.5. The third-order valence-corrected chi connectivity index (χ3v) is 2.67. The van der Waals surface area contributed by atoms with Gasteiger partial charge in [0.1, 0.15) is 24.0 Å². The van der Waals surface area contributed by atoms with Gasteiger partial charge in [-0.05, 0) is 6.92 Å². The molecule has 1 heterocycles. The van der Waals surface area contributed by atoms with Crippen molar-refractivity contribution in [2.75, 3.05) is 30.9 Å². The molecule has 0 aliphatic carbocycles. The zero-order valence-electron chi connectivity index (χ0n) is 11.8. The molecule has 0 saturated carbocycles. The van der Waals surface area contributed by atoms with Gasteiger partial charge in [0, 0.05) is 25.6 Å². The first-order chi connectivity index (χ1) is 8.65. The van der Waals surface area contributed by atoms with Crippen LogP contribution in [-0.4, -0.2) is 36.8 Å². The lowest BCUT2D eigenvalue weighted by Gasteiger charge is -2.23. The van der Waals surface area contributed by atoms with Gasteiger partial charge < -0.3 is 10.2 Å². The number of aromatic nitrogens is 2. The molecule has 0 aliphatic heterocycles. The average Bonchev–Trinajstić information content (AvgIpc) is 2.26. The third kappa shape index (κ3) is 3.97. The van der Waals surface area contributed by atoms with E-state index < -0.39 is 12.7 Å². The summed E-state index contributed by atoms with van der Waals surface area (Å²) in [5, 5.41) is 2.89. The fraction of sp³-hybridized carbons (Fsp3) is 0.667. The molecular weight excluding hydrogens is 257 g/mol. The average molecular weight is 276 g/mol. The predicted molar refractivity (Wildman–Crippen MR) is 69.7 cm³/mol. The van der Waals surface area contributed by atoms with E-state index in [1.165, 1.54) is 7.05 Å². The highest BCUT2D eigenvalue weighted by Gasteiger charge is 2.31. The van der Waals surface area contributed by atoms with Gasteiger partial charge in [-0.3, -0.25) is 0 Å². The summed E-state index contributed by atoms with van der Waals surface area (Å²) < 4.78 is 37.4. The van der Waals surface area contributed by atoms with Gasteiger partial charge in [-0.25, -0.2) is 9.97 Å². The highest BCUT2D eigenvalue weighted by Crippen LogP contribution is 2.27. The maximum absolute atomic E-state index is 12.5. The Labute approximate surface area is 111 Å². The van der Waals surface area contributed by atoms with Gasteiger partial charge in [0.2, 0.25) is 0 Å². The first kappa shape index (κ1) is 15.5. The number of halogens is 3.